The van der Waals surface area contributed by atoms with Gasteiger partial charge in [-0.25, -0.2) is 0 Å². The van der Waals surface area contributed by atoms with Crippen LogP contribution in [0.2, 0.25) is 0 Å². The minimum atomic E-state index is 0.120. The Kier molecular flexibility index (Phi) is 11.4. The maximum absolute atomic E-state index is 10.3. The molecule has 4 nitrogen and oxygen atoms in total. The van der Waals surface area contributed by atoms with Crippen LogP contribution in [0.25, 0.3) is 24.3 Å². The average Bonchev–Trinajstić information content (AvgIpc) is 2.91. The van der Waals surface area contributed by atoms with Gasteiger partial charge in [0, 0.05) is 11.1 Å². The highest BCUT2D eigenvalue weighted by Crippen LogP contribution is 2.29. The molecule has 0 aliphatic rings. The van der Waals surface area contributed by atoms with Gasteiger partial charge in [-0.05, 0) is 84.3 Å². The van der Waals surface area contributed by atoms with Gasteiger partial charge in [0.05, 0.1) is 0 Å². The molecule has 0 atom stereocenters. The predicted molar refractivity (Wildman–Crippen MR) is 160 cm³/mol. The summed E-state index contributed by atoms with van der Waals surface area (Å²) in [6.45, 7) is 4.42. The zero-order valence-corrected chi connectivity index (χ0v) is 22.8. The number of hydrogen-bond donors (Lipinski definition) is 4. The fourth-order valence-corrected chi connectivity index (χ4v) is 4.67. The lowest BCUT2D eigenvalue weighted by Gasteiger charge is -2.14. The Morgan fingerprint density at radius 3 is 1.26 bits per heavy atom. The summed E-state index contributed by atoms with van der Waals surface area (Å²) < 4.78 is 0. The van der Waals surface area contributed by atoms with E-state index < -0.39 is 0 Å². The van der Waals surface area contributed by atoms with Gasteiger partial charge >= 0.3 is 0 Å². The van der Waals surface area contributed by atoms with Crippen molar-refractivity contribution in [2.75, 3.05) is 0 Å². The SMILES string of the molecule is CCCCCCc1cc(/C=C/c2cc(O)ccc2O)c(CCCCCC)cc1/C=C/c1cc(O)ccc1O. The lowest BCUT2D eigenvalue weighted by Crippen LogP contribution is -1.98. The summed E-state index contributed by atoms with van der Waals surface area (Å²) in [5.74, 6) is 0.506. The van der Waals surface area contributed by atoms with Crippen molar-refractivity contribution in [3.8, 4) is 23.0 Å². The second kappa shape index (κ2) is 14.9. The lowest BCUT2D eigenvalue weighted by atomic mass is 9.91. The molecular weight excluding hydrogens is 472 g/mol. The molecule has 4 heteroatoms. The lowest BCUT2D eigenvalue weighted by molar-refractivity contribution is 0.459. The molecule has 4 N–H and O–H groups in total. The molecule has 0 saturated carbocycles. The zero-order chi connectivity index (χ0) is 27.3. The third-order valence-corrected chi connectivity index (χ3v) is 6.91. The van der Waals surface area contributed by atoms with Gasteiger partial charge in [-0.15, -0.1) is 0 Å². The molecule has 3 aromatic rings. The molecule has 0 bridgehead atoms. The zero-order valence-electron chi connectivity index (χ0n) is 22.8. The average molecular weight is 515 g/mol. The summed E-state index contributed by atoms with van der Waals surface area (Å²) in [5.41, 5.74) is 5.85. The number of aryl methyl sites for hydroxylation is 2. The van der Waals surface area contributed by atoms with E-state index >= 15 is 0 Å². The Labute approximate surface area is 227 Å². The van der Waals surface area contributed by atoms with E-state index in [1.54, 1.807) is 12.1 Å². The molecular formula is C34H42O4. The first-order valence-corrected chi connectivity index (χ1v) is 14.0. The number of hydrogen-bond acceptors (Lipinski definition) is 4. The second-order valence-electron chi connectivity index (χ2n) is 10.0. The Balaban J connectivity index is 2.02. The molecule has 0 saturated heterocycles. The maximum atomic E-state index is 10.3. The van der Waals surface area contributed by atoms with Crippen LogP contribution >= 0.6 is 0 Å². The number of aromatic hydroxyl groups is 4. The fourth-order valence-electron chi connectivity index (χ4n) is 4.67. The van der Waals surface area contributed by atoms with Crippen LogP contribution in [0.3, 0.4) is 0 Å². The number of rotatable bonds is 14. The molecule has 38 heavy (non-hydrogen) atoms. The molecule has 0 aliphatic heterocycles. The van der Waals surface area contributed by atoms with E-state index in [1.165, 1.54) is 73.9 Å². The van der Waals surface area contributed by atoms with Crippen LogP contribution in [0, 0.1) is 0 Å². The third-order valence-electron chi connectivity index (χ3n) is 6.91. The molecule has 202 valence electrons. The topological polar surface area (TPSA) is 80.9 Å². The van der Waals surface area contributed by atoms with E-state index in [4.69, 9.17) is 0 Å². The molecule has 0 unspecified atom stereocenters. The van der Waals surface area contributed by atoms with Crippen LogP contribution in [-0.2, 0) is 12.8 Å². The van der Waals surface area contributed by atoms with Crippen LogP contribution in [0.15, 0.2) is 48.5 Å². The van der Waals surface area contributed by atoms with E-state index in [9.17, 15) is 20.4 Å². The molecule has 3 aromatic carbocycles. The van der Waals surface area contributed by atoms with Gasteiger partial charge < -0.3 is 20.4 Å². The summed E-state index contributed by atoms with van der Waals surface area (Å²) in [7, 11) is 0. The van der Waals surface area contributed by atoms with Crippen LogP contribution in [0.4, 0.5) is 0 Å². The summed E-state index contributed by atoms with van der Waals surface area (Å²) in [5, 5.41) is 40.3. The van der Waals surface area contributed by atoms with Crippen molar-refractivity contribution in [2.24, 2.45) is 0 Å². The quantitative estimate of drug-likeness (QED) is 0.0982. The van der Waals surface area contributed by atoms with Crippen molar-refractivity contribution in [2.45, 2.75) is 78.1 Å². The van der Waals surface area contributed by atoms with E-state index in [1.807, 2.05) is 24.3 Å². The van der Waals surface area contributed by atoms with Gasteiger partial charge in [-0.3, -0.25) is 0 Å². The van der Waals surface area contributed by atoms with Crippen molar-refractivity contribution >= 4 is 24.3 Å². The second-order valence-corrected chi connectivity index (χ2v) is 10.0. The van der Waals surface area contributed by atoms with Crippen LogP contribution in [0.1, 0.15) is 98.6 Å². The van der Waals surface area contributed by atoms with Gasteiger partial charge in [0.25, 0.3) is 0 Å². The molecule has 0 spiro atoms. The minimum absolute atomic E-state index is 0.120. The first kappa shape index (κ1) is 28.9. The molecule has 0 radical (unpaired) electrons. The molecule has 0 fully saturated rings. The Morgan fingerprint density at radius 2 is 0.868 bits per heavy atom. The highest BCUT2D eigenvalue weighted by molar-refractivity contribution is 5.78. The van der Waals surface area contributed by atoms with Crippen molar-refractivity contribution in [1.29, 1.82) is 0 Å². The summed E-state index contributed by atoms with van der Waals surface area (Å²) in [6, 6.07) is 13.6. The van der Waals surface area contributed by atoms with Gasteiger partial charge in [0.15, 0.2) is 0 Å². The number of benzene rings is 3. The van der Waals surface area contributed by atoms with Crippen molar-refractivity contribution in [1.82, 2.24) is 0 Å². The molecule has 0 aliphatic carbocycles. The van der Waals surface area contributed by atoms with Crippen LogP contribution < -0.4 is 0 Å². The van der Waals surface area contributed by atoms with Crippen molar-refractivity contribution < 1.29 is 20.4 Å². The normalized spacial score (nSPS) is 11.6. The van der Waals surface area contributed by atoms with Crippen LogP contribution in [-0.4, -0.2) is 20.4 Å². The van der Waals surface area contributed by atoms with Crippen molar-refractivity contribution in [3.05, 3.63) is 81.9 Å². The molecule has 3 rings (SSSR count). The largest absolute Gasteiger partial charge is 0.508 e. The highest BCUT2D eigenvalue weighted by atomic mass is 16.3. The van der Waals surface area contributed by atoms with Gasteiger partial charge in [0.2, 0.25) is 0 Å². The van der Waals surface area contributed by atoms with Gasteiger partial charge in [0.1, 0.15) is 23.0 Å². The smallest absolute Gasteiger partial charge is 0.123 e. The van der Waals surface area contributed by atoms with E-state index in [0.717, 1.165) is 36.8 Å². The Morgan fingerprint density at radius 1 is 0.474 bits per heavy atom. The maximum Gasteiger partial charge on any atom is 0.123 e. The fraction of sp³-hybridized carbons (Fsp3) is 0.353. The minimum Gasteiger partial charge on any atom is -0.508 e. The molecule has 0 heterocycles. The van der Waals surface area contributed by atoms with E-state index in [-0.39, 0.29) is 23.0 Å². The van der Waals surface area contributed by atoms with E-state index in [0.29, 0.717) is 11.1 Å². The summed E-state index contributed by atoms with van der Waals surface area (Å²) >= 11 is 0. The molecule has 0 amide bonds. The number of unbranched alkanes of at least 4 members (excludes halogenated alkanes) is 6. The number of phenolic OH excluding ortho intramolecular Hbond substituents is 4. The predicted octanol–water partition coefficient (Wildman–Crippen LogP) is 9.10. The van der Waals surface area contributed by atoms with Gasteiger partial charge in [-0.2, -0.15) is 0 Å². The summed E-state index contributed by atoms with van der Waals surface area (Å²) in [6.07, 6.45) is 19.0. The van der Waals surface area contributed by atoms with Crippen molar-refractivity contribution in [3.63, 3.8) is 0 Å². The standard InChI is InChI=1S/C34H42O4/c1-3-5-7-9-11-25-21-28(14-16-30-24-32(36)18-20-34(30)38)26(12-10-8-6-4-2)22-27(25)13-15-29-23-31(35)17-19-33(29)37/h13-24,35-38H,3-12H2,1-2H3/b15-13+,16-14+. The Bertz CT molecular complexity index is 1140. The number of phenols is 4. The summed E-state index contributed by atoms with van der Waals surface area (Å²) in [4.78, 5) is 0. The van der Waals surface area contributed by atoms with Crippen LogP contribution in [0.5, 0.6) is 23.0 Å². The highest BCUT2D eigenvalue weighted by Gasteiger charge is 2.09. The van der Waals surface area contributed by atoms with Gasteiger partial charge in [-0.1, -0.05) is 88.8 Å². The van der Waals surface area contributed by atoms with E-state index in [2.05, 4.69) is 26.0 Å². The monoisotopic (exact) mass is 514 g/mol. The third kappa shape index (κ3) is 8.72. The first-order chi connectivity index (χ1) is 18.4. The molecule has 0 aromatic heterocycles. The Hall–Kier alpha value is -3.66. The first-order valence-electron chi connectivity index (χ1n) is 14.0.